The van der Waals surface area contributed by atoms with Crippen molar-refractivity contribution >= 4 is 5.97 Å². The lowest BCUT2D eigenvalue weighted by molar-refractivity contribution is -0.132. The fourth-order valence-electron chi connectivity index (χ4n) is 1.73. The van der Waals surface area contributed by atoms with E-state index in [4.69, 9.17) is 5.11 Å². The van der Waals surface area contributed by atoms with Gasteiger partial charge < -0.3 is 5.11 Å². The van der Waals surface area contributed by atoms with Crippen LogP contribution in [0.5, 0.6) is 0 Å². The number of rotatable bonds is 3. The molecule has 0 saturated carbocycles. The molecule has 0 aliphatic carbocycles. The van der Waals surface area contributed by atoms with Crippen molar-refractivity contribution in [2.45, 2.75) is 27.2 Å². The normalized spacial score (nSPS) is 22.6. The van der Waals surface area contributed by atoms with E-state index in [1.54, 1.807) is 13.0 Å². The Morgan fingerprint density at radius 3 is 2.64 bits per heavy atom. The highest BCUT2D eigenvalue weighted by atomic mass is 16.4. The van der Waals surface area contributed by atoms with Crippen molar-refractivity contribution in [2.75, 3.05) is 19.6 Å². The summed E-state index contributed by atoms with van der Waals surface area (Å²) in [5.74, 6) is -0.816. The van der Waals surface area contributed by atoms with Gasteiger partial charge in [-0.1, -0.05) is 19.9 Å². The van der Waals surface area contributed by atoms with Gasteiger partial charge in [0.25, 0.3) is 0 Å². The summed E-state index contributed by atoms with van der Waals surface area (Å²) in [5.41, 5.74) is 0.833. The zero-order valence-electron chi connectivity index (χ0n) is 9.21. The summed E-state index contributed by atoms with van der Waals surface area (Å²) < 4.78 is 0. The van der Waals surface area contributed by atoms with Crippen molar-refractivity contribution in [1.29, 1.82) is 0 Å². The molecule has 1 aliphatic rings. The van der Waals surface area contributed by atoms with Crippen molar-refractivity contribution in [3.8, 4) is 0 Å². The number of carbonyl (C=O) groups is 1. The minimum atomic E-state index is -0.816. The van der Waals surface area contributed by atoms with Crippen LogP contribution in [0.1, 0.15) is 27.2 Å². The average molecular weight is 197 g/mol. The Kier molecular flexibility index (Phi) is 3.32. The van der Waals surface area contributed by atoms with Crippen LogP contribution in [0.15, 0.2) is 11.6 Å². The summed E-state index contributed by atoms with van der Waals surface area (Å²) in [4.78, 5) is 12.8. The van der Waals surface area contributed by atoms with Crippen LogP contribution in [0.25, 0.3) is 0 Å². The minimum absolute atomic E-state index is 0.394. The molecule has 1 aliphatic heterocycles. The second kappa shape index (κ2) is 4.13. The third-order valence-electron chi connectivity index (χ3n) is 2.75. The number of aliphatic carboxylic acids is 1. The molecule has 0 unspecified atom stereocenters. The Balaban J connectivity index is 2.41. The topological polar surface area (TPSA) is 40.5 Å². The number of nitrogens with zero attached hydrogens (tertiary/aromatic N) is 1. The van der Waals surface area contributed by atoms with Crippen molar-refractivity contribution in [1.82, 2.24) is 4.90 Å². The molecule has 0 aromatic rings. The fourth-order valence-corrected chi connectivity index (χ4v) is 1.73. The van der Waals surface area contributed by atoms with Gasteiger partial charge in [-0.2, -0.15) is 0 Å². The summed E-state index contributed by atoms with van der Waals surface area (Å²) in [6, 6.07) is 0. The quantitative estimate of drug-likeness (QED) is 0.701. The van der Waals surface area contributed by atoms with Crippen LogP contribution < -0.4 is 0 Å². The summed E-state index contributed by atoms with van der Waals surface area (Å²) in [5, 5.41) is 8.67. The first-order valence-corrected chi connectivity index (χ1v) is 5.03. The van der Waals surface area contributed by atoms with Gasteiger partial charge >= 0.3 is 5.97 Å². The van der Waals surface area contributed by atoms with E-state index >= 15 is 0 Å². The summed E-state index contributed by atoms with van der Waals surface area (Å²) >= 11 is 0. The number of hydrogen-bond acceptors (Lipinski definition) is 2. The maximum absolute atomic E-state index is 10.5. The fraction of sp³-hybridized carbons (Fsp3) is 0.727. The number of carboxylic acids is 1. The molecule has 0 spiro atoms. The van der Waals surface area contributed by atoms with Crippen LogP contribution >= 0.6 is 0 Å². The molecule has 80 valence electrons. The summed E-state index contributed by atoms with van der Waals surface area (Å²) in [6.07, 6.45) is 3.00. The number of carboxylic acid groups (broad SMARTS) is 1. The van der Waals surface area contributed by atoms with E-state index in [-0.39, 0.29) is 0 Å². The first-order valence-electron chi connectivity index (χ1n) is 5.03. The number of likely N-dealkylation sites (tertiary alicyclic amines) is 1. The van der Waals surface area contributed by atoms with Crippen molar-refractivity contribution in [2.24, 2.45) is 5.41 Å². The predicted octanol–water partition coefficient (Wildman–Crippen LogP) is 1.75. The van der Waals surface area contributed by atoms with E-state index in [0.717, 1.165) is 19.6 Å². The monoisotopic (exact) mass is 197 g/mol. The van der Waals surface area contributed by atoms with Gasteiger partial charge in [-0.05, 0) is 25.3 Å². The zero-order chi connectivity index (χ0) is 10.8. The molecule has 3 nitrogen and oxygen atoms in total. The molecule has 1 rings (SSSR count). The zero-order valence-corrected chi connectivity index (χ0v) is 9.21. The van der Waals surface area contributed by atoms with Crippen LogP contribution in [0.4, 0.5) is 0 Å². The second-order valence-corrected chi connectivity index (χ2v) is 4.84. The Morgan fingerprint density at radius 2 is 2.21 bits per heavy atom. The van der Waals surface area contributed by atoms with E-state index in [1.165, 1.54) is 6.42 Å². The van der Waals surface area contributed by atoms with E-state index in [9.17, 15) is 4.79 Å². The lowest BCUT2D eigenvalue weighted by atomic mass is 9.93. The molecule has 0 atom stereocenters. The third-order valence-corrected chi connectivity index (χ3v) is 2.75. The van der Waals surface area contributed by atoms with Crippen LogP contribution in [0.2, 0.25) is 0 Å². The van der Waals surface area contributed by atoms with Gasteiger partial charge in [-0.25, -0.2) is 4.79 Å². The van der Waals surface area contributed by atoms with Gasteiger partial charge in [0.2, 0.25) is 0 Å². The van der Waals surface area contributed by atoms with Gasteiger partial charge in [0.1, 0.15) is 0 Å². The first-order chi connectivity index (χ1) is 6.41. The Bertz CT molecular complexity index is 256. The maximum atomic E-state index is 10.5. The molecule has 0 bridgehead atoms. The highest BCUT2D eigenvalue weighted by molar-refractivity contribution is 5.85. The SMILES string of the molecule is CC(=CCN1CCC(C)(C)C1)C(=O)O. The molecule has 1 fully saturated rings. The molecule has 3 heteroatoms. The lowest BCUT2D eigenvalue weighted by Gasteiger charge is -2.18. The largest absolute Gasteiger partial charge is 0.478 e. The highest BCUT2D eigenvalue weighted by Gasteiger charge is 2.28. The van der Waals surface area contributed by atoms with Crippen LogP contribution in [-0.2, 0) is 4.79 Å². The van der Waals surface area contributed by atoms with E-state index < -0.39 is 5.97 Å². The van der Waals surface area contributed by atoms with E-state index in [0.29, 0.717) is 11.0 Å². The average Bonchev–Trinajstić information content (AvgIpc) is 2.41. The van der Waals surface area contributed by atoms with Crippen molar-refractivity contribution in [3.63, 3.8) is 0 Å². The van der Waals surface area contributed by atoms with Crippen LogP contribution in [0.3, 0.4) is 0 Å². The second-order valence-electron chi connectivity index (χ2n) is 4.84. The summed E-state index contributed by atoms with van der Waals surface area (Å²) in [6.45, 7) is 9.06. The lowest BCUT2D eigenvalue weighted by Crippen LogP contribution is -2.23. The Morgan fingerprint density at radius 1 is 1.57 bits per heavy atom. The molecular formula is C11H19NO2. The highest BCUT2D eigenvalue weighted by Crippen LogP contribution is 2.28. The van der Waals surface area contributed by atoms with Crippen LogP contribution in [0, 0.1) is 5.41 Å². The molecule has 1 saturated heterocycles. The Labute approximate surface area is 85.4 Å². The van der Waals surface area contributed by atoms with Gasteiger partial charge in [0.15, 0.2) is 0 Å². The van der Waals surface area contributed by atoms with Gasteiger partial charge in [-0.3, -0.25) is 4.90 Å². The summed E-state index contributed by atoms with van der Waals surface area (Å²) in [7, 11) is 0. The molecule has 1 N–H and O–H groups in total. The number of hydrogen-bond donors (Lipinski definition) is 1. The smallest absolute Gasteiger partial charge is 0.330 e. The van der Waals surface area contributed by atoms with Crippen molar-refractivity contribution < 1.29 is 9.90 Å². The predicted molar refractivity (Wildman–Crippen MR) is 56.2 cm³/mol. The molecule has 0 aromatic carbocycles. The van der Waals surface area contributed by atoms with Gasteiger partial charge in [0.05, 0.1) is 0 Å². The van der Waals surface area contributed by atoms with E-state index in [1.807, 2.05) is 0 Å². The minimum Gasteiger partial charge on any atom is -0.478 e. The molecule has 0 amide bonds. The van der Waals surface area contributed by atoms with Gasteiger partial charge in [0, 0.05) is 18.7 Å². The third kappa shape index (κ3) is 3.14. The Hall–Kier alpha value is -0.830. The van der Waals surface area contributed by atoms with Crippen LogP contribution in [-0.4, -0.2) is 35.6 Å². The maximum Gasteiger partial charge on any atom is 0.330 e. The standard InChI is InChI=1S/C11H19NO2/c1-9(10(13)14)4-6-12-7-5-11(2,3)8-12/h4H,5-8H2,1-3H3,(H,13,14). The van der Waals surface area contributed by atoms with Crippen molar-refractivity contribution in [3.05, 3.63) is 11.6 Å². The van der Waals surface area contributed by atoms with Gasteiger partial charge in [-0.15, -0.1) is 0 Å². The molecule has 0 aromatic heterocycles. The molecule has 0 radical (unpaired) electrons. The van der Waals surface area contributed by atoms with E-state index in [2.05, 4.69) is 18.7 Å². The first kappa shape index (κ1) is 11.2. The molecular weight excluding hydrogens is 178 g/mol. The molecule has 14 heavy (non-hydrogen) atoms. The molecule has 1 heterocycles.